The lowest BCUT2D eigenvalue weighted by atomic mass is 9.98. The average molecular weight is 367 g/mol. The molecular weight excluding hydrogens is 341 g/mol. The van der Waals surface area contributed by atoms with Crippen LogP contribution in [-0.2, 0) is 6.42 Å². The summed E-state index contributed by atoms with van der Waals surface area (Å²) in [6, 6.07) is 7.70. The molecule has 0 aliphatic carbocycles. The average Bonchev–Trinajstić information content (AvgIpc) is 3.18. The van der Waals surface area contributed by atoms with Crippen LogP contribution >= 0.6 is 0 Å². The number of benzene rings is 1. The van der Waals surface area contributed by atoms with Crippen molar-refractivity contribution in [2.75, 3.05) is 13.1 Å². The number of aryl methyl sites for hydroxylation is 3. The Kier molecular flexibility index (Phi) is 4.72. The van der Waals surface area contributed by atoms with E-state index in [9.17, 15) is 4.39 Å². The Morgan fingerprint density at radius 1 is 1.15 bits per heavy atom. The quantitative estimate of drug-likeness (QED) is 0.657. The van der Waals surface area contributed by atoms with Gasteiger partial charge in [-0.15, -0.1) is 0 Å². The van der Waals surface area contributed by atoms with E-state index in [2.05, 4.69) is 33.9 Å². The van der Waals surface area contributed by atoms with Gasteiger partial charge in [0.15, 0.2) is 11.5 Å². The molecule has 1 fully saturated rings. The summed E-state index contributed by atoms with van der Waals surface area (Å²) in [7, 11) is 0. The van der Waals surface area contributed by atoms with E-state index in [-0.39, 0.29) is 11.9 Å². The Bertz CT molecular complexity index is 961. The summed E-state index contributed by atoms with van der Waals surface area (Å²) in [6.45, 7) is 9.93. The van der Waals surface area contributed by atoms with Crippen molar-refractivity contribution in [2.45, 2.75) is 46.6 Å². The molecule has 3 aromatic rings. The molecule has 5 heteroatoms. The number of pyridine rings is 1. The molecule has 0 unspecified atom stereocenters. The molecule has 4 nitrogen and oxygen atoms in total. The molecular formula is C22H26FN3O. The Morgan fingerprint density at radius 2 is 1.89 bits per heavy atom. The van der Waals surface area contributed by atoms with Gasteiger partial charge in [-0.3, -0.25) is 9.88 Å². The van der Waals surface area contributed by atoms with E-state index in [1.54, 1.807) is 6.92 Å². The first-order valence-corrected chi connectivity index (χ1v) is 9.64. The third-order valence-electron chi connectivity index (χ3n) is 5.59. The third-order valence-corrected chi connectivity index (χ3v) is 5.59. The van der Waals surface area contributed by atoms with Gasteiger partial charge >= 0.3 is 0 Å². The number of fused-ring (bicyclic) bond motifs is 1. The molecule has 2 atom stereocenters. The molecule has 0 spiro atoms. The lowest BCUT2D eigenvalue weighted by Gasteiger charge is -2.25. The van der Waals surface area contributed by atoms with Crippen molar-refractivity contribution in [3.63, 3.8) is 0 Å². The first-order chi connectivity index (χ1) is 12.9. The summed E-state index contributed by atoms with van der Waals surface area (Å²) in [5.74, 6) is 0.947. The van der Waals surface area contributed by atoms with Crippen molar-refractivity contribution in [3.8, 4) is 0 Å². The molecule has 0 bridgehead atoms. The lowest BCUT2D eigenvalue weighted by molar-refractivity contribution is 0.247. The second-order valence-corrected chi connectivity index (χ2v) is 7.86. The highest BCUT2D eigenvalue weighted by Crippen LogP contribution is 2.32. The number of oxazole rings is 1. The molecule has 1 saturated heterocycles. The summed E-state index contributed by atoms with van der Waals surface area (Å²) in [5.41, 5.74) is 5.45. The van der Waals surface area contributed by atoms with Gasteiger partial charge in [0.25, 0.3) is 0 Å². The van der Waals surface area contributed by atoms with Crippen LogP contribution in [-0.4, -0.2) is 28.0 Å². The second-order valence-electron chi connectivity index (χ2n) is 7.86. The van der Waals surface area contributed by atoms with Crippen molar-refractivity contribution < 1.29 is 8.81 Å². The van der Waals surface area contributed by atoms with Crippen molar-refractivity contribution in [1.29, 1.82) is 0 Å². The minimum Gasteiger partial charge on any atom is -0.441 e. The van der Waals surface area contributed by atoms with E-state index >= 15 is 0 Å². The second kappa shape index (κ2) is 7.04. The maximum atomic E-state index is 14.6. The van der Waals surface area contributed by atoms with Gasteiger partial charge in [0.2, 0.25) is 0 Å². The molecule has 0 N–H and O–H groups in total. The van der Waals surface area contributed by atoms with Gasteiger partial charge in [-0.2, -0.15) is 0 Å². The van der Waals surface area contributed by atoms with Crippen molar-refractivity contribution in [3.05, 3.63) is 58.5 Å². The zero-order valence-electron chi connectivity index (χ0n) is 16.4. The zero-order chi connectivity index (χ0) is 19.1. The maximum absolute atomic E-state index is 14.6. The SMILES string of the molecule is Cc1cc(C[C@@H]2CCN([C@@H](C)c3cc4nc(C)oc4cc3F)C2)cc(C)n1. The Balaban J connectivity index is 1.49. The summed E-state index contributed by atoms with van der Waals surface area (Å²) in [4.78, 5) is 11.2. The smallest absolute Gasteiger partial charge is 0.192 e. The number of halogens is 1. The fourth-order valence-corrected chi connectivity index (χ4v) is 4.35. The minimum atomic E-state index is -0.213. The highest BCUT2D eigenvalue weighted by molar-refractivity contribution is 5.73. The van der Waals surface area contributed by atoms with Gasteiger partial charge in [-0.05, 0) is 69.8 Å². The van der Waals surface area contributed by atoms with Crippen LogP contribution in [0.3, 0.4) is 0 Å². The monoisotopic (exact) mass is 367 g/mol. The molecule has 27 heavy (non-hydrogen) atoms. The highest BCUT2D eigenvalue weighted by Gasteiger charge is 2.28. The van der Waals surface area contributed by atoms with Gasteiger partial charge in [-0.1, -0.05) is 0 Å². The highest BCUT2D eigenvalue weighted by atomic mass is 19.1. The zero-order valence-corrected chi connectivity index (χ0v) is 16.4. The maximum Gasteiger partial charge on any atom is 0.192 e. The summed E-state index contributed by atoms with van der Waals surface area (Å²) < 4.78 is 20.1. The number of nitrogens with zero attached hydrogens (tertiary/aromatic N) is 3. The van der Waals surface area contributed by atoms with Crippen LogP contribution in [0.25, 0.3) is 11.1 Å². The first-order valence-electron chi connectivity index (χ1n) is 9.64. The molecule has 0 saturated carbocycles. The van der Waals surface area contributed by atoms with Gasteiger partial charge in [0.1, 0.15) is 11.3 Å². The van der Waals surface area contributed by atoms with Crippen LogP contribution in [0.1, 0.15) is 47.8 Å². The van der Waals surface area contributed by atoms with Crippen LogP contribution in [0.2, 0.25) is 0 Å². The fraction of sp³-hybridized carbons (Fsp3) is 0.455. The summed E-state index contributed by atoms with van der Waals surface area (Å²) in [5, 5.41) is 0. The topological polar surface area (TPSA) is 42.2 Å². The molecule has 1 aromatic carbocycles. The van der Waals surface area contributed by atoms with E-state index in [1.165, 1.54) is 11.6 Å². The van der Waals surface area contributed by atoms with Gasteiger partial charge < -0.3 is 4.42 Å². The van der Waals surface area contributed by atoms with Crippen molar-refractivity contribution in [1.82, 2.24) is 14.9 Å². The van der Waals surface area contributed by atoms with Crippen LogP contribution in [0.15, 0.2) is 28.7 Å². The van der Waals surface area contributed by atoms with E-state index in [4.69, 9.17) is 4.42 Å². The molecule has 1 aliphatic rings. The number of hydrogen-bond donors (Lipinski definition) is 0. The molecule has 0 amide bonds. The summed E-state index contributed by atoms with van der Waals surface area (Å²) in [6.07, 6.45) is 2.19. The van der Waals surface area contributed by atoms with E-state index in [0.717, 1.165) is 42.8 Å². The number of hydrogen-bond acceptors (Lipinski definition) is 4. The number of aromatic nitrogens is 2. The summed E-state index contributed by atoms with van der Waals surface area (Å²) >= 11 is 0. The Hall–Kier alpha value is -2.27. The first kappa shape index (κ1) is 18.1. The minimum absolute atomic E-state index is 0.0253. The van der Waals surface area contributed by atoms with Gasteiger partial charge in [0, 0.05) is 42.5 Å². The number of likely N-dealkylation sites (tertiary alicyclic amines) is 1. The van der Waals surface area contributed by atoms with Crippen LogP contribution in [0, 0.1) is 32.5 Å². The molecule has 2 aromatic heterocycles. The molecule has 0 radical (unpaired) electrons. The van der Waals surface area contributed by atoms with Gasteiger partial charge in [0.05, 0.1) is 0 Å². The van der Waals surface area contributed by atoms with Crippen molar-refractivity contribution >= 4 is 11.1 Å². The largest absolute Gasteiger partial charge is 0.441 e. The van der Waals surface area contributed by atoms with Crippen LogP contribution < -0.4 is 0 Å². The molecule has 3 heterocycles. The molecule has 4 rings (SSSR count). The Morgan fingerprint density at radius 3 is 2.63 bits per heavy atom. The van der Waals surface area contributed by atoms with E-state index < -0.39 is 0 Å². The lowest BCUT2D eigenvalue weighted by Crippen LogP contribution is -2.25. The fourth-order valence-electron chi connectivity index (χ4n) is 4.35. The predicted octanol–water partition coefficient (Wildman–Crippen LogP) is 4.91. The van der Waals surface area contributed by atoms with Crippen molar-refractivity contribution in [2.24, 2.45) is 5.92 Å². The van der Waals surface area contributed by atoms with Crippen LogP contribution in [0.4, 0.5) is 4.39 Å². The van der Waals surface area contributed by atoms with E-state index in [0.29, 0.717) is 23.0 Å². The molecule has 1 aliphatic heterocycles. The van der Waals surface area contributed by atoms with E-state index in [1.807, 2.05) is 19.9 Å². The Labute approximate surface area is 159 Å². The van der Waals surface area contributed by atoms with Gasteiger partial charge in [-0.25, -0.2) is 9.37 Å². The third kappa shape index (κ3) is 3.74. The molecule has 142 valence electrons. The predicted molar refractivity (Wildman–Crippen MR) is 104 cm³/mol. The number of rotatable bonds is 4. The standard InChI is InChI=1S/C22H26FN3O/c1-13-7-18(8-14(2)24-13)9-17-5-6-26(12-17)15(3)19-10-21-22(11-20(19)23)27-16(4)25-21/h7-8,10-11,15,17H,5-6,9,12H2,1-4H3/t15-,17-/m0/s1. The normalized spacial score (nSPS) is 19.1. The van der Waals surface area contributed by atoms with Crippen LogP contribution in [0.5, 0.6) is 0 Å².